The van der Waals surface area contributed by atoms with Gasteiger partial charge in [0.15, 0.2) is 0 Å². The number of benzene rings is 1. The topological polar surface area (TPSA) is 57.6 Å². The molecule has 0 aliphatic carbocycles. The Bertz CT molecular complexity index is 481. The first-order valence-corrected chi connectivity index (χ1v) is 5.92. The lowest BCUT2D eigenvalue weighted by molar-refractivity contribution is 0.234. The summed E-state index contributed by atoms with van der Waals surface area (Å²) in [5, 5.41) is 9.44. The standard InChI is InChI=1S/C10H11NO3S/c1-8-10(12)7-11(15(8,13)14)9-5-3-2-4-6-9/h2-6,10,12H,1,7H2. The van der Waals surface area contributed by atoms with Crippen LogP contribution in [0.3, 0.4) is 0 Å². The van der Waals surface area contributed by atoms with E-state index in [9.17, 15) is 13.5 Å². The second-order valence-corrected chi connectivity index (χ2v) is 5.27. The zero-order valence-corrected chi connectivity index (χ0v) is 8.81. The number of anilines is 1. The van der Waals surface area contributed by atoms with Gasteiger partial charge < -0.3 is 5.11 Å². The SMILES string of the molecule is C=C1C(O)CN(c2ccccc2)S1(=O)=O. The number of β-amino-alcohol motifs (C(OH)–C–C–N with tert-alkyl or cyclic N) is 1. The molecule has 15 heavy (non-hydrogen) atoms. The van der Waals surface area contributed by atoms with E-state index in [4.69, 9.17) is 0 Å². The summed E-state index contributed by atoms with van der Waals surface area (Å²) in [6, 6.07) is 8.67. The van der Waals surface area contributed by atoms with Gasteiger partial charge in [-0.25, -0.2) is 8.42 Å². The molecule has 0 radical (unpaired) electrons. The fourth-order valence-corrected chi connectivity index (χ4v) is 2.95. The van der Waals surface area contributed by atoms with Gasteiger partial charge in [-0.05, 0) is 12.1 Å². The van der Waals surface area contributed by atoms with Crippen molar-refractivity contribution in [1.29, 1.82) is 0 Å². The summed E-state index contributed by atoms with van der Waals surface area (Å²) >= 11 is 0. The molecule has 1 unspecified atom stereocenters. The van der Waals surface area contributed by atoms with Crippen molar-refractivity contribution in [2.75, 3.05) is 10.8 Å². The predicted octanol–water partition coefficient (Wildman–Crippen LogP) is 0.711. The lowest BCUT2D eigenvalue weighted by atomic mass is 10.3. The maximum absolute atomic E-state index is 11.8. The van der Waals surface area contributed by atoms with Crippen molar-refractivity contribution in [3.63, 3.8) is 0 Å². The van der Waals surface area contributed by atoms with Gasteiger partial charge in [0, 0.05) is 0 Å². The largest absolute Gasteiger partial charge is 0.386 e. The van der Waals surface area contributed by atoms with Crippen molar-refractivity contribution in [3.8, 4) is 0 Å². The summed E-state index contributed by atoms with van der Waals surface area (Å²) in [6.07, 6.45) is -1.00. The van der Waals surface area contributed by atoms with Crippen molar-refractivity contribution in [2.45, 2.75) is 6.10 Å². The highest BCUT2D eigenvalue weighted by Gasteiger charge is 2.39. The van der Waals surface area contributed by atoms with Gasteiger partial charge >= 0.3 is 0 Å². The van der Waals surface area contributed by atoms with Gasteiger partial charge in [-0.15, -0.1) is 0 Å². The second-order valence-electron chi connectivity index (χ2n) is 3.35. The first-order valence-electron chi connectivity index (χ1n) is 4.48. The molecule has 1 atom stereocenters. The molecule has 4 nitrogen and oxygen atoms in total. The first kappa shape index (κ1) is 10.2. The highest BCUT2D eigenvalue weighted by molar-refractivity contribution is 7.97. The Balaban J connectivity index is 2.46. The fourth-order valence-electron chi connectivity index (χ4n) is 1.51. The molecule has 1 fully saturated rings. The van der Waals surface area contributed by atoms with Gasteiger partial charge in [0.2, 0.25) is 0 Å². The van der Waals surface area contributed by atoms with E-state index in [0.29, 0.717) is 5.69 Å². The average Bonchev–Trinajstić information content (AvgIpc) is 2.43. The number of hydrogen-bond donors (Lipinski definition) is 1. The van der Waals surface area contributed by atoms with Gasteiger partial charge in [0.1, 0.15) is 6.10 Å². The minimum atomic E-state index is -3.58. The quantitative estimate of drug-likeness (QED) is 0.765. The van der Waals surface area contributed by atoms with E-state index in [1.54, 1.807) is 30.3 Å². The molecule has 5 heteroatoms. The lowest BCUT2D eigenvalue weighted by Gasteiger charge is -2.15. The van der Waals surface area contributed by atoms with Crippen LogP contribution in [-0.2, 0) is 10.0 Å². The molecular weight excluding hydrogens is 214 g/mol. The van der Waals surface area contributed by atoms with Crippen LogP contribution in [0.15, 0.2) is 41.8 Å². The summed E-state index contributed by atoms with van der Waals surface area (Å²) in [7, 11) is -3.58. The number of para-hydroxylation sites is 1. The highest BCUT2D eigenvalue weighted by Crippen LogP contribution is 2.29. The Labute approximate surface area is 88.5 Å². The van der Waals surface area contributed by atoms with Crippen molar-refractivity contribution in [3.05, 3.63) is 41.8 Å². The van der Waals surface area contributed by atoms with Gasteiger partial charge in [-0.2, -0.15) is 0 Å². The predicted molar refractivity (Wildman–Crippen MR) is 57.9 cm³/mol. The minimum Gasteiger partial charge on any atom is -0.386 e. The minimum absolute atomic E-state index is 0.0468. The van der Waals surface area contributed by atoms with Crippen LogP contribution in [-0.4, -0.2) is 26.2 Å². The Hall–Kier alpha value is -1.33. The maximum Gasteiger partial charge on any atom is 0.262 e. The molecule has 1 aromatic carbocycles. The molecule has 0 amide bonds. The molecule has 0 aromatic heterocycles. The molecule has 2 rings (SSSR count). The van der Waals surface area contributed by atoms with E-state index in [2.05, 4.69) is 6.58 Å². The van der Waals surface area contributed by atoms with Crippen molar-refractivity contribution >= 4 is 15.7 Å². The number of sulfonamides is 1. The van der Waals surface area contributed by atoms with Crippen LogP contribution in [0, 0.1) is 0 Å². The van der Waals surface area contributed by atoms with Crippen LogP contribution >= 0.6 is 0 Å². The molecule has 1 heterocycles. The van der Waals surface area contributed by atoms with Crippen LogP contribution in [0.1, 0.15) is 0 Å². The molecule has 0 bridgehead atoms. The van der Waals surface area contributed by atoms with Gasteiger partial charge in [-0.3, -0.25) is 4.31 Å². The summed E-state index contributed by atoms with van der Waals surface area (Å²) in [4.78, 5) is -0.133. The van der Waals surface area contributed by atoms with Gasteiger partial charge in [0.05, 0.1) is 17.1 Å². The van der Waals surface area contributed by atoms with Crippen LogP contribution in [0.25, 0.3) is 0 Å². The molecule has 80 valence electrons. The van der Waals surface area contributed by atoms with E-state index >= 15 is 0 Å². The number of nitrogens with zero attached hydrogens (tertiary/aromatic N) is 1. The van der Waals surface area contributed by atoms with E-state index in [1.807, 2.05) is 0 Å². The normalized spacial score (nSPS) is 24.5. The molecule has 0 spiro atoms. The van der Waals surface area contributed by atoms with Crippen LogP contribution in [0.5, 0.6) is 0 Å². The number of rotatable bonds is 1. The molecule has 1 aliphatic rings. The number of aliphatic hydroxyl groups excluding tert-OH is 1. The third-order valence-electron chi connectivity index (χ3n) is 2.38. The zero-order chi connectivity index (χ0) is 11.1. The summed E-state index contributed by atoms with van der Waals surface area (Å²) < 4.78 is 24.7. The smallest absolute Gasteiger partial charge is 0.262 e. The average molecular weight is 225 g/mol. The number of hydrogen-bond acceptors (Lipinski definition) is 3. The second kappa shape index (κ2) is 3.36. The van der Waals surface area contributed by atoms with Crippen molar-refractivity contribution in [1.82, 2.24) is 0 Å². The zero-order valence-electron chi connectivity index (χ0n) is 8.00. The Morgan fingerprint density at radius 3 is 2.40 bits per heavy atom. The Kier molecular flexibility index (Phi) is 2.28. The molecule has 1 N–H and O–H groups in total. The van der Waals surface area contributed by atoms with Gasteiger partial charge in [0.25, 0.3) is 10.0 Å². The monoisotopic (exact) mass is 225 g/mol. The number of aliphatic hydroxyl groups is 1. The first-order chi connectivity index (χ1) is 7.03. The van der Waals surface area contributed by atoms with E-state index < -0.39 is 16.1 Å². The summed E-state index contributed by atoms with van der Waals surface area (Å²) in [5.74, 6) is 0. The molecule has 1 aromatic rings. The van der Waals surface area contributed by atoms with E-state index in [1.165, 1.54) is 4.31 Å². The van der Waals surface area contributed by atoms with Crippen molar-refractivity contribution in [2.24, 2.45) is 0 Å². The van der Waals surface area contributed by atoms with Gasteiger partial charge in [-0.1, -0.05) is 24.8 Å². The maximum atomic E-state index is 11.8. The third kappa shape index (κ3) is 1.53. The van der Waals surface area contributed by atoms with Crippen molar-refractivity contribution < 1.29 is 13.5 Å². The summed E-state index contributed by atoms with van der Waals surface area (Å²) in [5.41, 5.74) is 0.551. The molecule has 1 saturated heterocycles. The molecule has 1 aliphatic heterocycles. The Morgan fingerprint density at radius 2 is 1.93 bits per heavy atom. The van der Waals surface area contributed by atoms with Crippen LogP contribution < -0.4 is 4.31 Å². The van der Waals surface area contributed by atoms with Crippen LogP contribution in [0.2, 0.25) is 0 Å². The van der Waals surface area contributed by atoms with E-state index in [0.717, 1.165) is 0 Å². The summed E-state index contributed by atoms with van der Waals surface area (Å²) in [6.45, 7) is 3.43. The fraction of sp³-hybridized carbons (Fsp3) is 0.200. The molecule has 0 saturated carbocycles. The van der Waals surface area contributed by atoms with Crippen LogP contribution in [0.4, 0.5) is 5.69 Å². The third-order valence-corrected chi connectivity index (χ3v) is 4.25. The molecular formula is C10H11NO3S. The highest BCUT2D eigenvalue weighted by atomic mass is 32.2. The Morgan fingerprint density at radius 1 is 1.33 bits per heavy atom. The lowest BCUT2D eigenvalue weighted by Crippen LogP contribution is -2.25. The van der Waals surface area contributed by atoms with E-state index in [-0.39, 0.29) is 11.4 Å².